The van der Waals surface area contributed by atoms with Crippen LogP contribution in [-0.2, 0) is 24.2 Å². The zero-order valence-electron chi connectivity index (χ0n) is 26.9. The highest BCUT2D eigenvalue weighted by Gasteiger charge is 2.12. The van der Waals surface area contributed by atoms with Gasteiger partial charge in [-0.1, -0.05) is 57.5 Å². The number of hydrogen-bond acceptors (Lipinski definition) is 7. The van der Waals surface area contributed by atoms with E-state index in [9.17, 15) is 4.79 Å². The van der Waals surface area contributed by atoms with Gasteiger partial charge in [0.15, 0.2) is 11.5 Å². The van der Waals surface area contributed by atoms with Gasteiger partial charge >= 0.3 is 6.09 Å². The van der Waals surface area contributed by atoms with Crippen molar-refractivity contribution in [3.05, 3.63) is 76.3 Å². The highest BCUT2D eigenvalue weighted by atomic mass is 16.5. The molecule has 0 bridgehead atoms. The van der Waals surface area contributed by atoms with E-state index in [0.717, 1.165) is 57.9 Å². The van der Waals surface area contributed by atoms with E-state index in [-0.39, 0.29) is 6.61 Å². The number of amides is 1. The fourth-order valence-corrected chi connectivity index (χ4v) is 4.01. The first-order chi connectivity index (χ1) is 20.2. The second-order valence-electron chi connectivity index (χ2n) is 8.91. The van der Waals surface area contributed by atoms with Crippen LogP contribution in [0, 0.1) is 6.92 Å². The van der Waals surface area contributed by atoms with Crippen molar-refractivity contribution < 1.29 is 23.7 Å². The molecule has 0 saturated heterocycles. The molecule has 0 aliphatic heterocycles. The molecule has 0 aliphatic rings. The lowest BCUT2D eigenvalue weighted by molar-refractivity contribution is 0.155. The number of ether oxygens (including phenoxy) is 4. The Balaban J connectivity index is 0.000000426. The van der Waals surface area contributed by atoms with E-state index in [4.69, 9.17) is 18.9 Å². The number of methoxy groups -OCH3 is 3. The van der Waals surface area contributed by atoms with Gasteiger partial charge in [-0.2, -0.15) is 0 Å². The largest absolute Gasteiger partial charge is 0.496 e. The Labute approximate surface area is 251 Å². The summed E-state index contributed by atoms with van der Waals surface area (Å²) in [5, 5.41) is 2.82. The molecule has 0 atom stereocenters. The molecule has 0 aliphatic carbocycles. The molecule has 0 spiro atoms. The molecular formula is C34H47N3O5. The lowest BCUT2D eigenvalue weighted by Crippen LogP contribution is -2.14. The minimum Gasteiger partial charge on any atom is -0.496 e. The van der Waals surface area contributed by atoms with Gasteiger partial charge in [0.1, 0.15) is 12.4 Å². The molecule has 3 rings (SSSR count). The summed E-state index contributed by atoms with van der Waals surface area (Å²) >= 11 is 0. The Kier molecular flexibility index (Phi) is 16.1. The van der Waals surface area contributed by atoms with Crippen molar-refractivity contribution in [2.45, 2.75) is 61.0 Å². The number of carbonyl (C=O) groups is 1. The Bertz CT molecular complexity index is 1330. The number of aryl methyl sites for hydroxylation is 3. The lowest BCUT2D eigenvalue weighted by atomic mass is 10.1. The summed E-state index contributed by atoms with van der Waals surface area (Å²) in [7, 11) is 6.57. The molecule has 0 unspecified atom stereocenters. The first-order valence-electron chi connectivity index (χ1n) is 14.1. The monoisotopic (exact) mass is 577 g/mol. The van der Waals surface area contributed by atoms with E-state index in [1.54, 1.807) is 34.4 Å². The fraction of sp³-hybridized carbons (Fsp3) is 0.382. The highest BCUT2D eigenvalue weighted by Crippen LogP contribution is 2.35. The number of aliphatic imine (C=N–C) groups is 2. The lowest BCUT2D eigenvalue weighted by Gasteiger charge is -2.12. The van der Waals surface area contributed by atoms with Gasteiger partial charge in [0.25, 0.3) is 0 Å². The summed E-state index contributed by atoms with van der Waals surface area (Å²) in [5.74, 6) is 2.12. The minimum atomic E-state index is -0.452. The van der Waals surface area contributed by atoms with Crippen molar-refractivity contribution in [3.63, 3.8) is 0 Å². The minimum absolute atomic E-state index is 0.208. The summed E-state index contributed by atoms with van der Waals surface area (Å²) in [6.07, 6.45) is 1.30. The van der Waals surface area contributed by atoms with Crippen LogP contribution in [0.2, 0.25) is 0 Å². The zero-order chi connectivity index (χ0) is 31.7. The first kappa shape index (κ1) is 35.7. The van der Waals surface area contributed by atoms with E-state index in [2.05, 4.69) is 41.9 Å². The standard InChI is InChI=1S/C20H25NO3.C12H16N2O2.C2H6/c1-5-16-9-8-15(12-19(16)23-4)13-24-20(22)21-18-10-7-14(3)11-17(18)6-2;1-8(13-2)9-6-11(15-4)12(16-5)7-10(9)14-3;1-2/h7-12H,5-6,13H2,1-4H3,(H,21,22);6-7H,3H2,1-2,4-5H3;1-2H3. The summed E-state index contributed by atoms with van der Waals surface area (Å²) < 4.78 is 21.1. The van der Waals surface area contributed by atoms with Gasteiger partial charge in [0.05, 0.1) is 27.0 Å². The van der Waals surface area contributed by atoms with Crippen LogP contribution < -0.4 is 19.5 Å². The Hall–Kier alpha value is -4.33. The molecule has 0 fully saturated rings. The van der Waals surface area contributed by atoms with E-state index in [1.165, 1.54) is 5.56 Å². The zero-order valence-corrected chi connectivity index (χ0v) is 26.9. The summed E-state index contributed by atoms with van der Waals surface area (Å²) in [6, 6.07) is 15.5. The van der Waals surface area contributed by atoms with Gasteiger partial charge in [-0.05, 0) is 68.3 Å². The number of rotatable bonds is 10. The Morgan fingerprint density at radius 2 is 1.48 bits per heavy atom. The summed E-state index contributed by atoms with van der Waals surface area (Å²) in [5.41, 5.74) is 7.62. The number of benzene rings is 3. The molecular weight excluding hydrogens is 530 g/mol. The van der Waals surface area contributed by atoms with Crippen LogP contribution >= 0.6 is 0 Å². The maximum Gasteiger partial charge on any atom is 0.411 e. The predicted octanol–water partition coefficient (Wildman–Crippen LogP) is 8.38. The summed E-state index contributed by atoms with van der Waals surface area (Å²) in [4.78, 5) is 20.1. The van der Waals surface area contributed by atoms with Gasteiger partial charge < -0.3 is 18.9 Å². The van der Waals surface area contributed by atoms with Crippen LogP contribution in [-0.4, -0.2) is 46.9 Å². The van der Waals surface area contributed by atoms with Crippen molar-refractivity contribution in [3.8, 4) is 17.2 Å². The molecule has 42 heavy (non-hydrogen) atoms. The van der Waals surface area contributed by atoms with Crippen LogP contribution in [0.1, 0.15) is 62.4 Å². The average molecular weight is 578 g/mol. The summed E-state index contributed by atoms with van der Waals surface area (Å²) in [6.45, 7) is 15.8. The number of nitrogens with one attached hydrogen (secondary N) is 1. The first-order valence-corrected chi connectivity index (χ1v) is 14.1. The molecule has 0 aromatic heterocycles. The van der Waals surface area contributed by atoms with E-state index in [0.29, 0.717) is 11.5 Å². The Morgan fingerprint density at radius 1 is 0.857 bits per heavy atom. The molecule has 1 N–H and O–H groups in total. The van der Waals surface area contributed by atoms with Crippen molar-refractivity contribution >= 4 is 29.9 Å². The molecule has 8 heteroatoms. The number of hydrogen-bond donors (Lipinski definition) is 1. The molecule has 0 radical (unpaired) electrons. The predicted molar refractivity (Wildman–Crippen MR) is 175 cm³/mol. The van der Waals surface area contributed by atoms with Crippen molar-refractivity contribution in [1.29, 1.82) is 0 Å². The SMILES string of the molecule is C=Nc1cc(OC)c(OC)cc1C(C)=NC.CC.CCc1cc(C)ccc1NC(=O)OCc1ccc(CC)c(OC)c1. The quantitative estimate of drug-likeness (QED) is 0.244. The molecule has 3 aromatic carbocycles. The molecule has 228 valence electrons. The molecule has 1 amide bonds. The smallest absolute Gasteiger partial charge is 0.411 e. The molecule has 0 heterocycles. The third-order valence-corrected chi connectivity index (χ3v) is 6.38. The van der Waals surface area contributed by atoms with Crippen LogP contribution in [0.3, 0.4) is 0 Å². The topological polar surface area (TPSA) is 90.7 Å². The number of carbonyl (C=O) groups excluding carboxylic acids is 1. The second-order valence-corrected chi connectivity index (χ2v) is 8.91. The van der Waals surface area contributed by atoms with Gasteiger partial charge in [-0.3, -0.25) is 15.3 Å². The van der Waals surface area contributed by atoms with Gasteiger partial charge in [0.2, 0.25) is 0 Å². The average Bonchev–Trinajstić information content (AvgIpc) is 3.04. The van der Waals surface area contributed by atoms with Crippen molar-refractivity contribution in [2.24, 2.45) is 9.98 Å². The van der Waals surface area contributed by atoms with Gasteiger partial charge in [-0.15, -0.1) is 0 Å². The van der Waals surface area contributed by atoms with Crippen LogP contribution in [0.4, 0.5) is 16.2 Å². The van der Waals surface area contributed by atoms with Crippen molar-refractivity contribution in [1.82, 2.24) is 0 Å². The number of anilines is 1. The normalized spacial score (nSPS) is 10.3. The third kappa shape index (κ3) is 10.3. The van der Waals surface area contributed by atoms with Crippen LogP contribution in [0.25, 0.3) is 0 Å². The van der Waals surface area contributed by atoms with Crippen LogP contribution in [0.5, 0.6) is 17.2 Å². The van der Waals surface area contributed by atoms with E-state index in [1.807, 2.05) is 64.1 Å². The maximum absolute atomic E-state index is 12.1. The van der Waals surface area contributed by atoms with Gasteiger partial charge in [-0.25, -0.2) is 4.79 Å². The molecule has 3 aromatic rings. The third-order valence-electron chi connectivity index (χ3n) is 6.38. The van der Waals surface area contributed by atoms with E-state index >= 15 is 0 Å². The van der Waals surface area contributed by atoms with E-state index < -0.39 is 6.09 Å². The molecule has 0 saturated carbocycles. The number of nitrogens with zero attached hydrogens (tertiary/aromatic N) is 2. The Morgan fingerprint density at radius 3 is 2.02 bits per heavy atom. The fourth-order valence-electron chi connectivity index (χ4n) is 4.01. The van der Waals surface area contributed by atoms with Crippen molar-refractivity contribution in [2.75, 3.05) is 33.7 Å². The van der Waals surface area contributed by atoms with Gasteiger partial charge in [0, 0.05) is 30.1 Å². The second kappa shape index (κ2) is 18.9. The highest BCUT2D eigenvalue weighted by molar-refractivity contribution is 6.03. The molecule has 8 nitrogen and oxygen atoms in total. The maximum atomic E-state index is 12.1. The van der Waals surface area contributed by atoms with Crippen LogP contribution in [0.15, 0.2) is 58.5 Å².